The van der Waals surface area contributed by atoms with Gasteiger partial charge in [-0.05, 0) is 111 Å². The van der Waals surface area contributed by atoms with Crippen LogP contribution in [0.1, 0.15) is 107 Å². The number of amides is 1. The Hall–Kier alpha value is -1.30. The molecule has 272 valence electrons. The number of carbonyl (C=O) groups is 2. The van der Waals surface area contributed by atoms with Crippen LogP contribution in [0.4, 0.5) is 0 Å². The Kier molecular flexibility index (Phi) is 8.30. The first kappa shape index (κ1) is 35.1. The summed E-state index contributed by atoms with van der Waals surface area (Å²) >= 11 is 0. The zero-order chi connectivity index (χ0) is 34.8. The number of rotatable bonds is 7. The molecule has 2 heterocycles. The van der Waals surface area contributed by atoms with Crippen molar-refractivity contribution in [3.63, 3.8) is 0 Å². The van der Waals surface area contributed by atoms with Gasteiger partial charge >= 0.3 is 5.97 Å². The van der Waals surface area contributed by atoms with Crippen molar-refractivity contribution in [3.8, 4) is 0 Å². The van der Waals surface area contributed by atoms with Crippen LogP contribution in [-0.2, 0) is 28.5 Å². The third kappa shape index (κ3) is 4.85. The summed E-state index contributed by atoms with van der Waals surface area (Å²) < 4.78 is 25.3. The van der Waals surface area contributed by atoms with Gasteiger partial charge in [-0.25, -0.2) is 0 Å². The van der Waals surface area contributed by atoms with Gasteiger partial charge in [0.25, 0.3) is 0 Å². The second kappa shape index (κ2) is 11.3. The average molecular weight is 675 g/mol. The molecule has 0 radical (unpaired) electrons. The number of esters is 1. The first-order valence-electron chi connectivity index (χ1n) is 18.8. The molecule has 0 bridgehead atoms. The second-order valence-corrected chi connectivity index (χ2v) is 18.9. The second-order valence-electron chi connectivity index (χ2n) is 18.9. The van der Waals surface area contributed by atoms with E-state index in [1.807, 2.05) is 4.90 Å². The highest BCUT2D eigenvalue weighted by molar-refractivity contribution is 5.75. The lowest BCUT2D eigenvalue weighted by Gasteiger charge is -2.64. The van der Waals surface area contributed by atoms with Gasteiger partial charge in [-0.2, -0.15) is 0 Å². The molecule has 2 aliphatic heterocycles. The van der Waals surface area contributed by atoms with Crippen molar-refractivity contribution < 1.29 is 38.7 Å². The van der Waals surface area contributed by atoms with Crippen LogP contribution in [0.25, 0.3) is 0 Å². The molecule has 10 heteroatoms. The van der Waals surface area contributed by atoms with E-state index in [0.29, 0.717) is 38.0 Å². The molecule has 3 unspecified atom stereocenters. The van der Waals surface area contributed by atoms with E-state index in [1.165, 1.54) is 19.8 Å². The summed E-state index contributed by atoms with van der Waals surface area (Å²) in [6.07, 6.45) is 6.00. The quantitative estimate of drug-likeness (QED) is 0.342. The summed E-state index contributed by atoms with van der Waals surface area (Å²) in [5.74, 6) is 0.638. The Balaban J connectivity index is 1.12. The van der Waals surface area contributed by atoms with Crippen molar-refractivity contribution in [1.82, 2.24) is 4.90 Å². The van der Waals surface area contributed by atoms with Gasteiger partial charge in [0, 0.05) is 18.9 Å². The summed E-state index contributed by atoms with van der Waals surface area (Å²) in [6, 6.07) is 0. The maximum Gasteiger partial charge on any atom is 0.303 e. The summed E-state index contributed by atoms with van der Waals surface area (Å²) in [5, 5.41) is 23.6. The minimum absolute atomic E-state index is 0.0281. The third-order valence-corrected chi connectivity index (χ3v) is 15.9. The van der Waals surface area contributed by atoms with Crippen LogP contribution in [0.15, 0.2) is 0 Å². The number of nitrogens with zero attached hydrogens (tertiary/aromatic N) is 1. The Morgan fingerprint density at radius 2 is 1.75 bits per heavy atom. The average Bonchev–Trinajstić information content (AvgIpc) is 3.61. The SMILES string of the molecule is CC(=O)O[C@@H]([C@H]1C[C@@H](C)C2C(O1)[C@H](O)[C@@]1(C)[C@@H]3CC[C@H]4C(C)(C)[C@@H](OC5CN(CC(N)=O)CCO5)CC[C@@]45C[C@@]35CC[C@]21C)C(C)(C)O. The summed E-state index contributed by atoms with van der Waals surface area (Å²) in [7, 11) is 0. The molecule has 7 rings (SSSR count). The number of ether oxygens (including phenoxy) is 4. The number of hydrogen-bond acceptors (Lipinski definition) is 9. The fraction of sp³-hybridized carbons (Fsp3) is 0.947. The standard InChI is InChI=1S/C38H62N2O8/c1-21-17-23(32(34(5,6)44)46-22(2)41)47-30-29(21)35(7)13-14-38-20-37(38)12-11-26(48-28-19-40(15-16-45-28)18-27(39)42)33(3,4)24(37)9-10-25(38)36(35,8)31(30)43/h21,23-26,28-32,43-44H,9-20H2,1-8H3,(H2,39,42)/t21-,23-,24+,25+,26+,28?,29?,30?,31+,32+,35-,36-,37-,38+/m1/s1. The van der Waals surface area contributed by atoms with Crippen LogP contribution in [-0.4, -0.2) is 95.6 Å². The van der Waals surface area contributed by atoms with Gasteiger partial charge in [0.15, 0.2) is 12.4 Å². The predicted molar refractivity (Wildman–Crippen MR) is 178 cm³/mol. The van der Waals surface area contributed by atoms with Gasteiger partial charge in [0.2, 0.25) is 5.91 Å². The van der Waals surface area contributed by atoms with E-state index in [4.69, 9.17) is 24.7 Å². The van der Waals surface area contributed by atoms with Crippen LogP contribution >= 0.6 is 0 Å². The molecule has 7 fully saturated rings. The van der Waals surface area contributed by atoms with E-state index in [2.05, 4.69) is 34.6 Å². The lowest BCUT2D eigenvalue weighted by atomic mass is 9.41. The Morgan fingerprint density at radius 1 is 1.06 bits per heavy atom. The van der Waals surface area contributed by atoms with Crippen LogP contribution in [0.5, 0.6) is 0 Å². The maximum atomic E-state index is 12.6. The Morgan fingerprint density at radius 3 is 2.42 bits per heavy atom. The van der Waals surface area contributed by atoms with Gasteiger partial charge in [-0.3, -0.25) is 14.5 Å². The van der Waals surface area contributed by atoms with Gasteiger partial charge in [0.05, 0.1) is 49.7 Å². The van der Waals surface area contributed by atoms with Crippen molar-refractivity contribution in [2.24, 2.45) is 56.5 Å². The molecule has 4 N–H and O–H groups in total. The predicted octanol–water partition coefficient (Wildman–Crippen LogP) is 4.03. The monoisotopic (exact) mass is 674 g/mol. The minimum atomic E-state index is -1.27. The molecule has 5 saturated carbocycles. The number of carbonyl (C=O) groups excluding carboxylic acids is 2. The van der Waals surface area contributed by atoms with Gasteiger partial charge < -0.3 is 34.9 Å². The molecular weight excluding hydrogens is 612 g/mol. The van der Waals surface area contributed by atoms with Crippen LogP contribution in [0.2, 0.25) is 0 Å². The van der Waals surface area contributed by atoms with Gasteiger partial charge in [-0.15, -0.1) is 0 Å². The molecular formula is C38H62N2O8. The molecule has 10 nitrogen and oxygen atoms in total. The highest BCUT2D eigenvalue weighted by Gasteiger charge is 2.84. The molecule has 0 aromatic carbocycles. The van der Waals surface area contributed by atoms with Crippen LogP contribution in [0.3, 0.4) is 0 Å². The number of hydrogen-bond donors (Lipinski definition) is 3. The molecule has 48 heavy (non-hydrogen) atoms. The van der Waals surface area contributed by atoms with Crippen molar-refractivity contribution in [2.75, 3.05) is 26.2 Å². The summed E-state index contributed by atoms with van der Waals surface area (Å²) in [6.45, 7) is 18.7. The highest BCUT2D eigenvalue weighted by atomic mass is 16.7. The van der Waals surface area contributed by atoms with Crippen LogP contribution in [0, 0.1) is 50.7 Å². The maximum absolute atomic E-state index is 12.6. The lowest BCUT2D eigenvalue weighted by molar-refractivity contribution is -0.248. The smallest absolute Gasteiger partial charge is 0.303 e. The van der Waals surface area contributed by atoms with Crippen LogP contribution < -0.4 is 5.73 Å². The summed E-state index contributed by atoms with van der Waals surface area (Å²) in [5.41, 5.74) is 4.28. The first-order chi connectivity index (χ1) is 22.3. The summed E-state index contributed by atoms with van der Waals surface area (Å²) in [4.78, 5) is 25.7. The van der Waals surface area contributed by atoms with Crippen molar-refractivity contribution in [2.45, 2.75) is 149 Å². The number of primary amides is 1. The number of morpholine rings is 1. The van der Waals surface area contributed by atoms with E-state index >= 15 is 0 Å². The van der Waals surface area contributed by atoms with Crippen molar-refractivity contribution in [1.29, 1.82) is 0 Å². The Labute approximate surface area is 287 Å². The number of aliphatic hydroxyl groups is 2. The van der Waals surface area contributed by atoms with E-state index in [0.717, 1.165) is 32.1 Å². The van der Waals surface area contributed by atoms with Crippen molar-refractivity contribution >= 4 is 11.9 Å². The molecule has 2 saturated heterocycles. The largest absolute Gasteiger partial charge is 0.457 e. The van der Waals surface area contributed by atoms with Crippen molar-refractivity contribution in [3.05, 3.63) is 0 Å². The molecule has 0 aromatic rings. The molecule has 5 aliphatic carbocycles. The fourth-order valence-electron chi connectivity index (χ4n) is 13.9. The molecule has 0 aromatic heterocycles. The number of fused-ring (bicyclic) bond motifs is 4. The molecule has 2 spiro atoms. The minimum Gasteiger partial charge on any atom is -0.457 e. The number of aliphatic hydroxyl groups excluding tert-OH is 1. The third-order valence-electron chi connectivity index (χ3n) is 15.9. The molecule has 14 atom stereocenters. The topological polar surface area (TPSA) is 141 Å². The lowest BCUT2D eigenvalue weighted by Crippen LogP contribution is -2.60. The zero-order valence-corrected chi connectivity index (χ0v) is 30.6. The highest BCUT2D eigenvalue weighted by Crippen LogP contribution is 2.89. The van der Waals surface area contributed by atoms with E-state index in [1.54, 1.807) is 13.8 Å². The first-order valence-corrected chi connectivity index (χ1v) is 18.8. The van der Waals surface area contributed by atoms with E-state index < -0.39 is 29.9 Å². The van der Waals surface area contributed by atoms with Gasteiger partial charge in [-0.1, -0.05) is 34.6 Å². The molecule has 7 aliphatic rings. The van der Waals surface area contributed by atoms with Gasteiger partial charge in [0.1, 0.15) is 0 Å². The van der Waals surface area contributed by atoms with E-state index in [9.17, 15) is 19.8 Å². The molecule has 1 amide bonds. The number of nitrogens with two attached hydrogens (primary N) is 1. The normalized spacial score (nSPS) is 50.2. The zero-order valence-electron chi connectivity index (χ0n) is 30.6. The fourth-order valence-corrected chi connectivity index (χ4v) is 13.9. The van der Waals surface area contributed by atoms with E-state index in [-0.39, 0.29) is 69.9 Å². The Bertz CT molecular complexity index is 1300.